The van der Waals surface area contributed by atoms with Gasteiger partial charge in [0.1, 0.15) is 5.82 Å². The Morgan fingerprint density at radius 3 is 2.39 bits per heavy atom. The van der Waals surface area contributed by atoms with E-state index in [0.29, 0.717) is 23.7 Å². The van der Waals surface area contributed by atoms with E-state index in [4.69, 9.17) is 0 Å². The average molecular weight is 461 g/mol. The topological polar surface area (TPSA) is 64.7 Å². The molecule has 0 aromatic heterocycles. The summed E-state index contributed by atoms with van der Waals surface area (Å²) in [4.78, 5) is 30.1. The third-order valence-electron chi connectivity index (χ3n) is 7.92. The SMILES string of the molecule is CCN(c1cc(F)cc(C(=O)NCC2C(=O)NC(C)CC2C)c1C)C1C[C@@H](C)N(C)[C@H](C)C1. The van der Waals surface area contributed by atoms with Gasteiger partial charge in [-0.3, -0.25) is 9.59 Å². The number of hydrogen-bond donors (Lipinski definition) is 2. The summed E-state index contributed by atoms with van der Waals surface area (Å²) in [6.45, 7) is 13.5. The van der Waals surface area contributed by atoms with Crippen LogP contribution in [0.3, 0.4) is 0 Å². The van der Waals surface area contributed by atoms with Gasteiger partial charge in [0.2, 0.25) is 5.91 Å². The van der Waals surface area contributed by atoms with E-state index >= 15 is 0 Å². The van der Waals surface area contributed by atoms with Crippen molar-refractivity contribution in [1.82, 2.24) is 15.5 Å². The van der Waals surface area contributed by atoms with Crippen molar-refractivity contribution >= 4 is 17.5 Å². The molecule has 2 aliphatic rings. The van der Waals surface area contributed by atoms with Crippen molar-refractivity contribution < 1.29 is 14.0 Å². The highest BCUT2D eigenvalue weighted by molar-refractivity contribution is 5.97. The molecule has 33 heavy (non-hydrogen) atoms. The highest BCUT2D eigenvalue weighted by Gasteiger charge is 2.34. The van der Waals surface area contributed by atoms with Gasteiger partial charge in [-0.15, -0.1) is 0 Å². The van der Waals surface area contributed by atoms with Crippen LogP contribution in [0.2, 0.25) is 0 Å². The van der Waals surface area contributed by atoms with Gasteiger partial charge in [-0.25, -0.2) is 4.39 Å². The van der Waals surface area contributed by atoms with Gasteiger partial charge in [0, 0.05) is 48.5 Å². The number of carbonyl (C=O) groups excluding carboxylic acids is 2. The van der Waals surface area contributed by atoms with E-state index in [1.165, 1.54) is 6.07 Å². The number of halogens is 1. The van der Waals surface area contributed by atoms with Gasteiger partial charge in [-0.05, 0) is 84.5 Å². The number of rotatable bonds is 6. The van der Waals surface area contributed by atoms with E-state index in [2.05, 4.69) is 48.3 Å². The monoisotopic (exact) mass is 460 g/mol. The van der Waals surface area contributed by atoms with Crippen LogP contribution < -0.4 is 15.5 Å². The molecular weight excluding hydrogens is 419 g/mol. The van der Waals surface area contributed by atoms with Crippen LogP contribution in [0.5, 0.6) is 0 Å². The van der Waals surface area contributed by atoms with Crippen molar-refractivity contribution in [3.8, 4) is 0 Å². The maximum Gasteiger partial charge on any atom is 0.251 e. The zero-order valence-corrected chi connectivity index (χ0v) is 21.2. The van der Waals surface area contributed by atoms with Crippen molar-refractivity contribution in [3.05, 3.63) is 29.1 Å². The molecule has 0 radical (unpaired) electrons. The predicted molar refractivity (Wildman–Crippen MR) is 131 cm³/mol. The molecule has 2 heterocycles. The minimum absolute atomic E-state index is 0.0270. The van der Waals surface area contributed by atoms with Crippen LogP contribution >= 0.6 is 0 Å². The second kappa shape index (κ2) is 10.4. The average Bonchev–Trinajstić information content (AvgIpc) is 2.73. The van der Waals surface area contributed by atoms with Crippen molar-refractivity contribution in [2.45, 2.75) is 85.0 Å². The number of nitrogens with one attached hydrogen (secondary N) is 2. The predicted octanol–water partition coefficient (Wildman–Crippen LogP) is 3.72. The summed E-state index contributed by atoms with van der Waals surface area (Å²) < 4.78 is 14.7. The van der Waals surface area contributed by atoms with Crippen LogP contribution in [-0.2, 0) is 4.79 Å². The maximum absolute atomic E-state index is 14.7. The molecule has 5 atom stereocenters. The van der Waals surface area contributed by atoms with E-state index in [9.17, 15) is 14.0 Å². The van der Waals surface area contributed by atoms with Gasteiger partial charge >= 0.3 is 0 Å². The first-order valence-corrected chi connectivity index (χ1v) is 12.4. The Labute approximate surface area is 198 Å². The first-order chi connectivity index (χ1) is 15.5. The molecule has 0 saturated carbocycles. The lowest BCUT2D eigenvalue weighted by molar-refractivity contribution is -0.129. The van der Waals surface area contributed by atoms with Gasteiger partial charge in [-0.1, -0.05) is 6.92 Å². The van der Waals surface area contributed by atoms with Crippen molar-refractivity contribution in [2.24, 2.45) is 11.8 Å². The number of nitrogens with zero attached hydrogens (tertiary/aromatic N) is 2. The lowest BCUT2D eigenvalue weighted by Gasteiger charge is -2.45. The van der Waals surface area contributed by atoms with E-state index in [0.717, 1.165) is 37.1 Å². The molecule has 1 aromatic carbocycles. The highest BCUT2D eigenvalue weighted by Crippen LogP contribution is 2.33. The Morgan fingerprint density at radius 2 is 1.82 bits per heavy atom. The Morgan fingerprint density at radius 1 is 1.18 bits per heavy atom. The van der Waals surface area contributed by atoms with Crippen LogP contribution in [0, 0.1) is 24.6 Å². The molecule has 184 valence electrons. The summed E-state index contributed by atoms with van der Waals surface area (Å²) >= 11 is 0. The third-order valence-corrected chi connectivity index (χ3v) is 7.92. The van der Waals surface area contributed by atoms with Gasteiger partial charge < -0.3 is 20.4 Å². The molecule has 3 rings (SSSR count). The van der Waals surface area contributed by atoms with Crippen LogP contribution in [-0.4, -0.2) is 61.0 Å². The molecule has 2 N–H and O–H groups in total. The summed E-state index contributed by atoms with van der Waals surface area (Å²) in [7, 11) is 2.16. The zero-order valence-electron chi connectivity index (χ0n) is 21.2. The molecule has 0 bridgehead atoms. The van der Waals surface area contributed by atoms with Crippen molar-refractivity contribution in [1.29, 1.82) is 0 Å². The fourth-order valence-corrected chi connectivity index (χ4v) is 5.71. The normalized spacial score (nSPS) is 30.6. The largest absolute Gasteiger partial charge is 0.368 e. The summed E-state index contributed by atoms with van der Waals surface area (Å²) in [5.74, 6) is -0.852. The number of anilines is 1. The van der Waals surface area contributed by atoms with Gasteiger partial charge in [0.05, 0.1) is 5.92 Å². The number of benzene rings is 1. The number of piperidine rings is 2. The van der Waals surface area contributed by atoms with E-state index < -0.39 is 5.82 Å². The third kappa shape index (κ3) is 5.51. The number of hydrogen-bond acceptors (Lipinski definition) is 4. The lowest BCUT2D eigenvalue weighted by Crippen LogP contribution is -2.51. The summed E-state index contributed by atoms with van der Waals surface area (Å²) in [5, 5.41) is 5.87. The van der Waals surface area contributed by atoms with Gasteiger partial charge in [0.15, 0.2) is 0 Å². The maximum atomic E-state index is 14.7. The number of likely N-dealkylation sites (tertiary alicyclic amines) is 1. The molecule has 7 heteroatoms. The molecule has 2 aliphatic heterocycles. The molecule has 2 amide bonds. The Bertz CT molecular complexity index is 864. The molecular formula is C26H41FN4O2. The molecule has 2 saturated heterocycles. The Kier molecular flexibility index (Phi) is 8.04. The standard InChI is InChI=1S/C26H41FN4O2/c1-8-31(21-10-17(4)30(7)18(5)11-21)24-13-20(27)12-22(19(24)6)25(32)28-14-23-15(2)9-16(3)29-26(23)33/h12-13,15-18,21,23H,8-11,14H2,1-7H3,(H,28,32)(H,29,33)/t15?,16?,17-,18-,23?/m1/s1. The lowest BCUT2D eigenvalue weighted by atomic mass is 9.84. The molecule has 0 aliphatic carbocycles. The van der Waals surface area contributed by atoms with Crippen LogP contribution in [0.25, 0.3) is 0 Å². The second-order valence-electron chi connectivity index (χ2n) is 10.3. The fraction of sp³-hybridized carbons (Fsp3) is 0.692. The zero-order chi connectivity index (χ0) is 24.4. The number of carbonyl (C=O) groups is 2. The molecule has 6 nitrogen and oxygen atoms in total. The Hall–Kier alpha value is -2.15. The fourth-order valence-electron chi connectivity index (χ4n) is 5.71. The van der Waals surface area contributed by atoms with Crippen molar-refractivity contribution in [2.75, 3.05) is 25.0 Å². The molecule has 3 unspecified atom stereocenters. The smallest absolute Gasteiger partial charge is 0.251 e. The molecule has 1 aromatic rings. The van der Waals surface area contributed by atoms with Crippen LogP contribution in [0.4, 0.5) is 10.1 Å². The molecule has 2 fully saturated rings. The highest BCUT2D eigenvalue weighted by atomic mass is 19.1. The summed E-state index contributed by atoms with van der Waals surface area (Å²) in [5.41, 5.74) is 1.91. The van der Waals surface area contributed by atoms with Crippen LogP contribution in [0.1, 0.15) is 69.8 Å². The minimum atomic E-state index is -0.411. The number of amides is 2. The van der Waals surface area contributed by atoms with E-state index in [1.54, 1.807) is 6.07 Å². The van der Waals surface area contributed by atoms with E-state index in [-0.39, 0.29) is 36.2 Å². The summed E-state index contributed by atoms with van der Waals surface area (Å²) in [6, 6.07) is 4.20. The summed E-state index contributed by atoms with van der Waals surface area (Å²) in [6.07, 6.45) is 2.88. The quantitative estimate of drug-likeness (QED) is 0.679. The van der Waals surface area contributed by atoms with Crippen molar-refractivity contribution in [3.63, 3.8) is 0 Å². The molecule has 0 spiro atoms. The van der Waals surface area contributed by atoms with Crippen LogP contribution in [0.15, 0.2) is 12.1 Å². The Balaban J connectivity index is 1.80. The second-order valence-corrected chi connectivity index (χ2v) is 10.3. The van der Waals surface area contributed by atoms with Gasteiger partial charge in [-0.2, -0.15) is 0 Å². The first-order valence-electron chi connectivity index (χ1n) is 12.4. The van der Waals surface area contributed by atoms with Gasteiger partial charge in [0.25, 0.3) is 5.91 Å². The van der Waals surface area contributed by atoms with E-state index in [1.807, 2.05) is 20.8 Å². The first kappa shape index (κ1) is 25.5. The minimum Gasteiger partial charge on any atom is -0.368 e.